The molecule has 0 atom stereocenters. The number of hydrogen-bond donors (Lipinski definition) is 2. The molecule has 8 heteroatoms. The fraction of sp³-hybridized carbons (Fsp3) is 0.385. The molecule has 0 aromatic carbocycles. The number of nitrogens with zero attached hydrogens (tertiary/aromatic N) is 4. The minimum atomic E-state index is -0.598. The maximum atomic E-state index is 11.5. The van der Waals surface area contributed by atoms with E-state index in [1.165, 1.54) is 11.5 Å². The first kappa shape index (κ1) is 13.7. The lowest BCUT2D eigenvalue weighted by molar-refractivity contribution is 0.0996. The predicted molar refractivity (Wildman–Crippen MR) is 82.1 cm³/mol. The van der Waals surface area contributed by atoms with Gasteiger partial charge in [-0.15, -0.1) is 0 Å². The predicted octanol–water partition coefficient (Wildman–Crippen LogP) is 1.68. The van der Waals surface area contributed by atoms with Gasteiger partial charge in [-0.3, -0.25) is 4.79 Å². The van der Waals surface area contributed by atoms with Crippen molar-refractivity contribution in [2.45, 2.75) is 19.8 Å². The number of nitrogens with one attached hydrogen (secondary N) is 1. The van der Waals surface area contributed by atoms with Crippen LogP contribution in [0.2, 0.25) is 0 Å². The zero-order valence-electron chi connectivity index (χ0n) is 11.7. The molecule has 21 heavy (non-hydrogen) atoms. The van der Waals surface area contributed by atoms with Crippen molar-refractivity contribution in [3.63, 3.8) is 0 Å². The molecule has 2 aromatic rings. The number of aromatic nitrogens is 3. The van der Waals surface area contributed by atoms with E-state index in [-0.39, 0.29) is 5.69 Å². The van der Waals surface area contributed by atoms with Crippen LogP contribution in [-0.4, -0.2) is 33.3 Å². The van der Waals surface area contributed by atoms with Gasteiger partial charge in [0.1, 0.15) is 10.8 Å². The molecule has 0 unspecified atom stereocenters. The van der Waals surface area contributed by atoms with Crippen molar-refractivity contribution in [2.24, 2.45) is 5.73 Å². The van der Waals surface area contributed by atoms with Gasteiger partial charge in [0, 0.05) is 13.1 Å². The van der Waals surface area contributed by atoms with Gasteiger partial charge in [0.05, 0.1) is 11.9 Å². The fourth-order valence-electron chi connectivity index (χ4n) is 2.29. The molecule has 0 radical (unpaired) electrons. The molecular formula is C13H16N6OS. The van der Waals surface area contributed by atoms with Gasteiger partial charge in [0.15, 0.2) is 11.5 Å². The molecule has 1 aliphatic rings. The van der Waals surface area contributed by atoms with E-state index in [1.807, 2.05) is 13.0 Å². The summed E-state index contributed by atoms with van der Waals surface area (Å²) in [5.41, 5.74) is 6.42. The minimum Gasteiger partial charge on any atom is -0.364 e. The quantitative estimate of drug-likeness (QED) is 0.892. The molecule has 0 aliphatic carbocycles. The number of primary amides is 1. The normalized spacial score (nSPS) is 14.4. The van der Waals surface area contributed by atoms with Gasteiger partial charge in [-0.25, -0.2) is 9.97 Å². The Kier molecular flexibility index (Phi) is 3.70. The van der Waals surface area contributed by atoms with Crippen LogP contribution in [0.15, 0.2) is 12.3 Å². The first-order valence-electron chi connectivity index (χ1n) is 6.75. The summed E-state index contributed by atoms with van der Waals surface area (Å²) in [4.78, 5) is 22.3. The molecule has 0 saturated carbocycles. The van der Waals surface area contributed by atoms with Crippen LogP contribution < -0.4 is 16.0 Å². The van der Waals surface area contributed by atoms with Gasteiger partial charge >= 0.3 is 0 Å². The average molecular weight is 304 g/mol. The summed E-state index contributed by atoms with van der Waals surface area (Å²) in [6, 6.07) is 1.89. The highest BCUT2D eigenvalue weighted by molar-refractivity contribution is 7.10. The molecule has 1 aliphatic heterocycles. The van der Waals surface area contributed by atoms with Crippen molar-refractivity contribution in [2.75, 3.05) is 23.3 Å². The van der Waals surface area contributed by atoms with Crippen molar-refractivity contribution in [1.29, 1.82) is 0 Å². The van der Waals surface area contributed by atoms with Crippen molar-refractivity contribution >= 4 is 34.1 Å². The van der Waals surface area contributed by atoms with Crippen molar-refractivity contribution in [3.05, 3.63) is 23.7 Å². The molecule has 0 spiro atoms. The lowest BCUT2D eigenvalue weighted by Gasteiger charge is -2.17. The van der Waals surface area contributed by atoms with E-state index in [4.69, 9.17) is 5.73 Å². The second-order valence-corrected chi connectivity index (χ2v) is 5.75. The Hall–Kier alpha value is -2.22. The van der Waals surface area contributed by atoms with Gasteiger partial charge in [0.25, 0.3) is 5.91 Å². The number of nitrogens with two attached hydrogens (primary N) is 1. The monoisotopic (exact) mass is 304 g/mol. The Morgan fingerprint density at radius 2 is 2.19 bits per heavy atom. The number of carbonyl (C=O) groups is 1. The van der Waals surface area contributed by atoms with Crippen LogP contribution in [0.1, 0.15) is 29.0 Å². The summed E-state index contributed by atoms with van der Waals surface area (Å²) in [6.07, 6.45) is 3.90. The Morgan fingerprint density at radius 3 is 2.81 bits per heavy atom. The van der Waals surface area contributed by atoms with Crippen LogP contribution >= 0.6 is 11.5 Å². The van der Waals surface area contributed by atoms with Crippen LogP contribution in [0.4, 0.5) is 16.6 Å². The largest absolute Gasteiger partial charge is 0.364 e. The topological polar surface area (TPSA) is 97.0 Å². The molecule has 3 rings (SSSR count). The van der Waals surface area contributed by atoms with Crippen molar-refractivity contribution < 1.29 is 4.79 Å². The van der Waals surface area contributed by atoms with Gasteiger partial charge in [0.2, 0.25) is 0 Å². The first-order valence-corrected chi connectivity index (χ1v) is 7.53. The molecule has 0 bridgehead atoms. The highest BCUT2D eigenvalue weighted by atomic mass is 32.1. The second-order valence-electron chi connectivity index (χ2n) is 4.94. The highest BCUT2D eigenvalue weighted by Crippen LogP contribution is 2.25. The zero-order valence-corrected chi connectivity index (χ0v) is 12.5. The lowest BCUT2D eigenvalue weighted by Crippen LogP contribution is -2.22. The average Bonchev–Trinajstić information content (AvgIpc) is 3.10. The maximum absolute atomic E-state index is 11.5. The van der Waals surface area contributed by atoms with E-state index in [0.717, 1.165) is 42.4 Å². The molecule has 3 N–H and O–H groups in total. The molecule has 7 nitrogen and oxygen atoms in total. The molecule has 1 fully saturated rings. The summed E-state index contributed by atoms with van der Waals surface area (Å²) in [5, 5.41) is 3.90. The van der Waals surface area contributed by atoms with Crippen LogP contribution in [0, 0.1) is 6.92 Å². The molecular weight excluding hydrogens is 288 g/mol. The smallest absolute Gasteiger partial charge is 0.271 e. The van der Waals surface area contributed by atoms with Crippen molar-refractivity contribution in [1.82, 2.24) is 14.3 Å². The second kappa shape index (κ2) is 5.65. The number of rotatable bonds is 4. The molecule has 1 saturated heterocycles. The fourth-order valence-corrected chi connectivity index (χ4v) is 2.95. The third-order valence-electron chi connectivity index (χ3n) is 3.29. The number of hydrogen-bond acceptors (Lipinski definition) is 7. The third kappa shape index (κ3) is 2.94. The SMILES string of the molecule is Cc1cc(Nc2nc(N3CCCC3)cnc2C(N)=O)sn1. The highest BCUT2D eigenvalue weighted by Gasteiger charge is 2.19. The summed E-state index contributed by atoms with van der Waals surface area (Å²) in [5.74, 6) is 0.552. The summed E-state index contributed by atoms with van der Waals surface area (Å²) in [6.45, 7) is 3.83. The summed E-state index contributed by atoms with van der Waals surface area (Å²) < 4.78 is 4.19. The number of aryl methyl sites for hydroxylation is 1. The van der Waals surface area contributed by atoms with Crippen LogP contribution in [0.25, 0.3) is 0 Å². The number of carbonyl (C=O) groups excluding carboxylic acids is 1. The van der Waals surface area contributed by atoms with Gasteiger partial charge in [-0.05, 0) is 37.4 Å². The van der Waals surface area contributed by atoms with Gasteiger partial charge < -0.3 is 16.0 Å². The molecule has 1 amide bonds. The Bertz CT molecular complexity index is 664. The van der Waals surface area contributed by atoms with Crippen molar-refractivity contribution in [3.8, 4) is 0 Å². The van der Waals surface area contributed by atoms with Crippen LogP contribution in [0.3, 0.4) is 0 Å². The Labute approximate surface area is 126 Å². The van der Waals surface area contributed by atoms with Crippen LogP contribution in [0.5, 0.6) is 0 Å². The standard InChI is InChI=1S/C13H16N6OS/c1-8-6-10(21-18-8)17-13-11(12(14)20)15-7-9(16-13)19-4-2-3-5-19/h6-7H,2-5H2,1H3,(H2,14,20)(H,16,17). The van der Waals surface area contributed by atoms with E-state index in [1.54, 1.807) is 6.20 Å². The van der Waals surface area contributed by atoms with Gasteiger partial charge in [-0.2, -0.15) is 4.37 Å². The van der Waals surface area contributed by atoms with E-state index >= 15 is 0 Å². The van der Waals surface area contributed by atoms with Crippen LogP contribution in [-0.2, 0) is 0 Å². The molecule has 110 valence electrons. The molecule has 2 aromatic heterocycles. The third-order valence-corrected chi connectivity index (χ3v) is 4.09. The maximum Gasteiger partial charge on any atom is 0.271 e. The Morgan fingerprint density at radius 1 is 1.43 bits per heavy atom. The van der Waals surface area contributed by atoms with E-state index in [0.29, 0.717) is 5.82 Å². The number of anilines is 3. The van der Waals surface area contributed by atoms with E-state index in [2.05, 4.69) is 24.6 Å². The summed E-state index contributed by atoms with van der Waals surface area (Å²) in [7, 11) is 0. The van der Waals surface area contributed by atoms with E-state index in [9.17, 15) is 4.79 Å². The first-order chi connectivity index (χ1) is 10.1. The minimum absolute atomic E-state index is 0.143. The molecule has 3 heterocycles. The zero-order chi connectivity index (χ0) is 14.8. The van der Waals surface area contributed by atoms with E-state index < -0.39 is 5.91 Å². The number of amides is 1. The van der Waals surface area contributed by atoms with Gasteiger partial charge in [-0.1, -0.05) is 0 Å². The lowest BCUT2D eigenvalue weighted by atomic mass is 10.3. The Balaban J connectivity index is 1.93. The summed E-state index contributed by atoms with van der Waals surface area (Å²) >= 11 is 1.31.